The SMILES string of the molecule is CC1=C[C@@H]2/C=C(\C)CC[C@@H](O)C(=O)C[C@@H](S[C@@H]3CC(=O)[C@H](O)CC/C(C)=C/[C@H]4C=C(C)[C@@H](C)[C@H]5[C@H](CC(C)C)NC(=O)[C@]54C3=O)C(=O)[C@]23C(=O)N[C@@H](CC(C)C)[C@@H]3[C@@H]1C. The van der Waals surface area contributed by atoms with Gasteiger partial charge >= 0.3 is 0 Å². The quantitative estimate of drug-likeness (QED) is 0.174. The van der Waals surface area contributed by atoms with Gasteiger partial charge in [0, 0.05) is 48.6 Å². The number of aliphatic hydroxyl groups is 2. The zero-order valence-corrected chi connectivity index (χ0v) is 37.6. The van der Waals surface area contributed by atoms with Crippen LogP contribution in [0.3, 0.4) is 0 Å². The van der Waals surface area contributed by atoms with Gasteiger partial charge in [-0.05, 0) is 89.9 Å². The fraction of sp³-hybridized carbons (Fsp3) is 0.708. The predicted molar refractivity (Wildman–Crippen MR) is 230 cm³/mol. The summed E-state index contributed by atoms with van der Waals surface area (Å²) in [6, 6.07) is -0.660. The Morgan fingerprint density at radius 1 is 0.627 bits per heavy atom. The minimum absolute atomic E-state index is 0.128. The van der Waals surface area contributed by atoms with Crippen LogP contribution in [-0.4, -0.2) is 80.0 Å². The number of ketones is 4. The van der Waals surface area contributed by atoms with Crippen LogP contribution in [-0.2, 0) is 28.8 Å². The molecule has 4 N–H and O–H groups in total. The number of amides is 2. The molecule has 0 aromatic rings. The van der Waals surface area contributed by atoms with Crippen molar-refractivity contribution in [3.8, 4) is 0 Å². The maximum Gasteiger partial charge on any atom is 0.235 e. The Hall–Kier alpha value is -3.15. The maximum atomic E-state index is 16.0. The monoisotopic (exact) mass is 832 g/mol. The molecular formula is C48H68N2O8S. The first-order valence-electron chi connectivity index (χ1n) is 22.1. The van der Waals surface area contributed by atoms with Gasteiger partial charge in [0.25, 0.3) is 0 Å². The van der Waals surface area contributed by atoms with Crippen LogP contribution < -0.4 is 10.6 Å². The van der Waals surface area contributed by atoms with E-state index in [4.69, 9.17) is 0 Å². The Balaban J connectivity index is 1.56. The minimum atomic E-state index is -1.64. The third-order valence-corrected chi connectivity index (χ3v) is 16.4. The second-order valence-electron chi connectivity index (χ2n) is 20.0. The first-order valence-corrected chi connectivity index (χ1v) is 23.1. The van der Waals surface area contributed by atoms with Crippen molar-refractivity contribution in [1.82, 2.24) is 10.6 Å². The van der Waals surface area contributed by atoms with Crippen molar-refractivity contribution in [2.45, 2.75) is 155 Å². The molecule has 11 heteroatoms. The van der Waals surface area contributed by atoms with Crippen molar-refractivity contribution >= 4 is 46.7 Å². The maximum absolute atomic E-state index is 16.0. The average Bonchev–Trinajstić information content (AvgIpc) is 3.61. The Labute approximate surface area is 355 Å². The second kappa shape index (κ2) is 17.3. The van der Waals surface area contributed by atoms with E-state index in [2.05, 4.69) is 38.3 Å². The Bertz CT molecular complexity index is 1750. The van der Waals surface area contributed by atoms with Gasteiger partial charge in [-0.3, -0.25) is 28.8 Å². The molecule has 6 aliphatic rings. The molecule has 0 bridgehead atoms. The highest BCUT2D eigenvalue weighted by atomic mass is 32.2. The number of Topliss-reactive ketones (excluding diaryl/α,β-unsaturated/α-hetero) is 4. The van der Waals surface area contributed by atoms with Crippen LogP contribution in [0.2, 0.25) is 0 Å². The molecule has 2 saturated heterocycles. The molecular weight excluding hydrogens is 765 g/mol. The average molecular weight is 833 g/mol. The molecule has 14 atom stereocenters. The van der Waals surface area contributed by atoms with E-state index in [1.165, 1.54) is 0 Å². The summed E-state index contributed by atoms with van der Waals surface area (Å²) in [5.41, 5.74) is 0.555. The van der Waals surface area contributed by atoms with Gasteiger partial charge in [-0.25, -0.2) is 0 Å². The van der Waals surface area contributed by atoms with Gasteiger partial charge in [0.15, 0.2) is 23.1 Å². The van der Waals surface area contributed by atoms with Crippen molar-refractivity contribution in [2.75, 3.05) is 0 Å². The minimum Gasteiger partial charge on any atom is -0.385 e. The molecule has 0 aromatic heterocycles. The molecule has 0 aromatic carbocycles. The van der Waals surface area contributed by atoms with Crippen LogP contribution >= 0.6 is 11.8 Å². The summed E-state index contributed by atoms with van der Waals surface area (Å²) in [6.07, 6.45) is 6.55. The third kappa shape index (κ3) is 7.95. The van der Waals surface area contributed by atoms with Crippen LogP contribution in [0.15, 0.2) is 46.6 Å². The van der Waals surface area contributed by atoms with Crippen LogP contribution in [0.5, 0.6) is 0 Å². The lowest BCUT2D eigenvalue weighted by atomic mass is 9.54. The highest BCUT2D eigenvalue weighted by Gasteiger charge is 2.69. The number of nitrogens with one attached hydrogen (secondary N) is 2. The zero-order chi connectivity index (χ0) is 43.5. The van der Waals surface area contributed by atoms with E-state index >= 15 is 9.59 Å². The number of rotatable bonds is 6. The lowest BCUT2D eigenvalue weighted by Crippen LogP contribution is -2.57. The predicted octanol–water partition coefficient (Wildman–Crippen LogP) is 6.43. The Morgan fingerprint density at radius 2 is 0.983 bits per heavy atom. The molecule has 6 rings (SSSR count). The first-order chi connectivity index (χ1) is 27.6. The number of carbonyl (C=O) groups excluding carboxylic acids is 6. The molecule has 59 heavy (non-hydrogen) atoms. The van der Waals surface area contributed by atoms with Gasteiger partial charge in [0.05, 0.1) is 10.5 Å². The summed E-state index contributed by atoms with van der Waals surface area (Å²) in [5.74, 6) is -5.15. The van der Waals surface area contributed by atoms with Gasteiger partial charge in [-0.2, -0.15) is 0 Å². The third-order valence-electron chi connectivity index (χ3n) is 15.0. The van der Waals surface area contributed by atoms with Crippen LogP contribution in [0.25, 0.3) is 0 Å². The summed E-state index contributed by atoms with van der Waals surface area (Å²) in [7, 11) is 0. The van der Waals surface area contributed by atoms with Gasteiger partial charge in [-0.1, -0.05) is 88.1 Å². The fourth-order valence-corrected chi connectivity index (χ4v) is 13.5. The topological polar surface area (TPSA) is 167 Å². The van der Waals surface area contributed by atoms with Crippen molar-refractivity contribution in [3.05, 3.63) is 46.6 Å². The number of hydrogen-bond acceptors (Lipinski definition) is 9. The van der Waals surface area contributed by atoms with Crippen molar-refractivity contribution in [2.24, 2.45) is 58.2 Å². The van der Waals surface area contributed by atoms with E-state index in [0.29, 0.717) is 25.7 Å². The normalized spacial score (nSPS) is 42.7. The summed E-state index contributed by atoms with van der Waals surface area (Å²) in [5, 5.41) is 26.3. The van der Waals surface area contributed by atoms with E-state index < -0.39 is 105 Å². The van der Waals surface area contributed by atoms with Crippen LogP contribution in [0.4, 0.5) is 0 Å². The van der Waals surface area contributed by atoms with Gasteiger partial charge in [-0.15, -0.1) is 11.8 Å². The van der Waals surface area contributed by atoms with Crippen molar-refractivity contribution < 1.29 is 39.0 Å². The zero-order valence-electron chi connectivity index (χ0n) is 36.8. The molecule has 2 spiro atoms. The van der Waals surface area contributed by atoms with Gasteiger partial charge in [0.1, 0.15) is 23.0 Å². The first kappa shape index (κ1) is 45.4. The van der Waals surface area contributed by atoms with E-state index in [0.717, 1.165) is 34.1 Å². The number of thioether (sulfide) groups is 1. The molecule has 2 heterocycles. The highest BCUT2D eigenvalue weighted by Crippen LogP contribution is 2.59. The van der Waals surface area contributed by atoms with Crippen LogP contribution in [0.1, 0.15) is 121 Å². The summed E-state index contributed by atoms with van der Waals surface area (Å²) in [6.45, 7) is 20.3. The molecule has 4 aliphatic carbocycles. The smallest absolute Gasteiger partial charge is 0.235 e. The standard InChI is InChI=1S/C48H68N2O8S/c1-23(2)15-33-41-29(9)27(7)19-31-17-25(5)11-13-35(51)37(53)21-39(43(55)47(31,41)45(57)49-33)59-40-22-38(54)36(52)14-12-26(6)18-32-20-28(8)30(10)42-34(16-24(3)4)50-46(58)48(32,42)44(40)56/h17-20,23-24,29-36,39-42,51-52H,11-16,21-22H2,1-10H3,(H,49,57)(H,50,58)/b25-17+,26-18+/t29-,30-,31+,32+,33+,34+,35-,36-,39-,40-,41+,42+,47+,48+/m1/s1. The largest absolute Gasteiger partial charge is 0.385 e. The molecule has 2 amide bonds. The van der Waals surface area contributed by atoms with E-state index in [9.17, 15) is 29.4 Å². The number of allylic oxidation sites excluding steroid dienone is 8. The van der Waals surface area contributed by atoms with E-state index in [-0.39, 0.29) is 48.6 Å². The summed E-state index contributed by atoms with van der Waals surface area (Å²) in [4.78, 5) is 89.9. The van der Waals surface area contributed by atoms with Crippen molar-refractivity contribution in [1.29, 1.82) is 0 Å². The van der Waals surface area contributed by atoms with Gasteiger partial charge < -0.3 is 20.8 Å². The summed E-state index contributed by atoms with van der Waals surface area (Å²) < 4.78 is 0. The molecule has 0 radical (unpaired) electrons. The molecule has 10 nitrogen and oxygen atoms in total. The lowest BCUT2D eigenvalue weighted by molar-refractivity contribution is -0.146. The summed E-state index contributed by atoms with van der Waals surface area (Å²) >= 11 is 0.893. The fourth-order valence-electron chi connectivity index (χ4n) is 11.9. The van der Waals surface area contributed by atoms with Crippen molar-refractivity contribution in [3.63, 3.8) is 0 Å². The number of hydrogen-bond donors (Lipinski definition) is 4. The van der Waals surface area contributed by atoms with E-state index in [1.54, 1.807) is 0 Å². The molecule has 2 fully saturated rings. The highest BCUT2D eigenvalue weighted by molar-refractivity contribution is 8.02. The molecule has 0 unspecified atom stereocenters. The Morgan fingerprint density at radius 3 is 1.32 bits per heavy atom. The lowest BCUT2D eigenvalue weighted by Gasteiger charge is -2.47. The molecule has 0 saturated carbocycles. The van der Waals surface area contributed by atoms with Crippen LogP contribution in [0, 0.1) is 58.2 Å². The molecule has 2 aliphatic heterocycles. The number of carbonyl (C=O) groups is 6. The van der Waals surface area contributed by atoms with E-state index in [1.807, 2.05) is 65.8 Å². The van der Waals surface area contributed by atoms with Gasteiger partial charge in [0.2, 0.25) is 11.8 Å². The molecule has 324 valence electrons. The Kier molecular flexibility index (Phi) is 13.3. The number of aliphatic hydroxyl groups excluding tert-OH is 2. The second-order valence-corrected chi connectivity index (χ2v) is 21.4.